The van der Waals surface area contributed by atoms with E-state index in [0.717, 1.165) is 19.3 Å². The molecule has 0 radical (unpaired) electrons. The van der Waals surface area contributed by atoms with E-state index in [1.807, 2.05) is 0 Å². The molecule has 0 heterocycles. The van der Waals surface area contributed by atoms with Crippen molar-refractivity contribution in [2.45, 2.75) is 98.3 Å². The van der Waals surface area contributed by atoms with Crippen molar-refractivity contribution in [1.29, 1.82) is 0 Å². The van der Waals surface area contributed by atoms with E-state index in [4.69, 9.17) is 0 Å². The third-order valence-electron chi connectivity index (χ3n) is 5.38. The van der Waals surface area contributed by atoms with Gasteiger partial charge in [-0.05, 0) is 44.4 Å². The fourth-order valence-electron chi connectivity index (χ4n) is 3.29. The Bertz CT molecular complexity index is 263. The van der Waals surface area contributed by atoms with Gasteiger partial charge in [0.15, 0.2) is 0 Å². The minimum absolute atomic E-state index is 0.111. The van der Waals surface area contributed by atoms with Crippen molar-refractivity contribution in [3.8, 4) is 0 Å². The summed E-state index contributed by atoms with van der Waals surface area (Å²) in [4.78, 5) is 9.87. The number of rotatable bonds is 13. The summed E-state index contributed by atoms with van der Waals surface area (Å²) in [5.74, 6) is -0.980. The van der Waals surface area contributed by atoms with Gasteiger partial charge in [-0.2, -0.15) is 0 Å². The van der Waals surface area contributed by atoms with E-state index in [1.54, 1.807) is 0 Å². The van der Waals surface area contributed by atoms with Crippen LogP contribution >= 0.6 is 0 Å². The lowest BCUT2D eigenvalue weighted by atomic mass is 9.86. The van der Waals surface area contributed by atoms with Crippen molar-refractivity contribution in [3.05, 3.63) is 0 Å². The van der Waals surface area contributed by atoms with Gasteiger partial charge in [0, 0.05) is 5.97 Å². The molecular formula is C21H43NO2. The van der Waals surface area contributed by atoms with Crippen LogP contribution in [-0.2, 0) is 4.79 Å². The molecule has 1 aliphatic rings. The van der Waals surface area contributed by atoms with Gasteiger partial charge in [0.05, 0.1) is 26.2 Å². The van der Waals surface area contributed by atoms with Crippen LogP contribution in [0.1, 0.15) is 98.3 Å². The van der Waals surface area contributed by atoms with Crippen LogP contribution in [0, 0.1) is 5.92 Å². The van der Waals surface area contributed by atoms with Gasteiger partial charge in [-0.1, -0.05) is 59.8 Å². The molecule has 1 rings (SSSR count). The highest BCUT2D eigenvalue weighted by Gasteiger charge is 2.24. The first kappa shape index (κ1) is 23.4. The third kappa shape index (κ3) is 10.3. The zero-order valence-corrected chi connectivity index (χ0v) is 16.9. The molecule has 3 nitrogen and oxygen atoms in total. The standard InChI is InChI=1S/C16H36N.C5H8O2/c1-5-9-13-17(14-10-6-2,15-11-7-3)16-12-8-4;6-5(7)4-2-1-3-4/h5-16H2,1-4H3;4H,1-3H2,(H,6,7)/q+1;/p-1. The molecule has 0 aliphatic heterocycles. The van der Waals surface area contributed by atoms with Gasteiger partial charge in [-0.25, -0.2) is 0 Å². The van der Waals surface area contributed by atoms with E-state index in [-0.39, 0.29) is 5.92 Å². The molecule has 1 aliphatic carbocycles. The Morgan fingerprint density at radius 2 is 1.12 bits per heavy atom. The predicted molar refractivity (Wildman–Crippen MR) is 102 cm³/mol. The average Bonchev–Trinajstić information content (AvgIpc) is 2.52. The number of carbonyl (C=O) groups is 1. The highest BCUT2D eigenvalue weighted by Crippen LogP contribution is 2.24. The first-order valence-corrected chi connectivity index (χ1v) is 10.6. The second-order valence-electron chi connectivity index (χ2n) is 7.60. The number of carbonyl (C=O) groups excluding carboxylic acids is 1. The van der Waals surface area contributed by atoms with Gasteiger partial charge in [0.25, 0.3) is 0 Å². The topological polar surface area (TPSA) is 40.1 Å². The molecule has 0 unspecified atom stereocenters. The molecule has 0 amide bonds. The number of nitrogens with zero attached hydrogens (tertiary/aromatic N) is 1. The van der Waals surface area contributed by atoms with Crippen LogP contribution < -0.4 is 5.11 Å². The van der Waals surface area contributed by atoms with Gasteiger partial charge >= 0.3 is 0 Å². The van der Waals surface area contributed by atoms with E-state index in [9.17, 15) is 9.90 Å². The number of carboxylic acids is 1. The molecule has 0 aromatic rings. The maximum atomic E-state index is 9.87. The fraction of sp³-hybridized carbons (Fsp3) is 0.952. The van der Waals surface area contributed by atoms with Gasteiger partial charge in [-0.3, -0.25) is 0 Å². The van der Waals surface area contributed by atoms with E-state index in [0.29, 0.717) is 0 Å². The molecule has 0 bridgehead atoms. The molecule has 24 heavy (non-hydrogen) atoms. The minimum Gasteiger partial charge on any atom is -0.550 e. The van der Waals surface area contributed by atoms with Crippen LogP contribution in [0.25, 0.3) is 0 Å². The Morgan fingerprint density at radius 1 is 0.792 bits per heavy atom. The van der Waals surface area contributed by atoms with E-state index in [2.05, 4.69) is 27.7 Å². The summed E-state index contributed by atoms with van der Waals surface area (Å²) in [6.07, 6.45) is 13.8. The van der Waals surface area contributed by atoms with Gasteiger partial charge < -0.3 is 14.4 Å². The lowest BCUT2D eigenvalue weighted by molar-refractivity contribution is -0.929. The summed E-state index contributed by atoms with van der Waals surface area (Å²) >= 11 is 0. The molecule has 144 valence electrons. The monoisotopic (exact) mass is 341 g/mol. The Labute approximate surface area is 151 Å². The normalized spacial score (nSPS) is 14.7. The lowest BCUT2D eigenvalue weighted by Crippen LogP contribution is -2.50. The van der Waals surface area contributed by atoms with Gasteiger partial charge in [0.1, 0.15) is 0 Å². The molecule has 1 fully saturated rings. The molecule has 0 atom stereocenters. The summed E-state index contributed by atoms with van der Waals surface area (Å²) in [5, 5.41) is 9.87. The average molecular weight is 342 g/mol. The number of aliphatic carboxylic acids is 1. The second kappa shape index (κ2) is 14.7. The lowest BCUT2D eigenvalue weighted by Gasteiger charge is -2.39. The molecule has 0 N–H and O–H groups in total. The number of hydrogen-bond acceptors (Lipinski definition) is 2. The Morgan fingerprint density at radius 3 is 1.25 bits per heavy atom. The van der Waals surface area contributed by atoms with Crippen molar-refractivity contribution in [2.24, 2.45) is 5.92 Å². The SMILES string of the molecule is CCCC[N+](CCCC)(CCCC)CCCC.O=C([O-])C1CCC1. The summed E-state index contributed by atoms with van der Waals surface area (Å²) < 4.78 is 1.42. The van der Waals surface area contributed by atoms with Crippen LogP contribution in [0.15, 0.2) is 0 Å². The Hall–Kier alpha value is -0.570. The van der Waals surface area contributed by atoms with Crippen LogP contribution in [0.3, 0.4) is 0 Å². The van der Waals surface area contributed by atoms with Crippen molar-refractivity contribution < 1.29 is 14.4 Å². The van der Waals surface area contributed by atoms with Crippen LogP contribution in [0.5, 0.6) is 0 Å². The highest BCUT2D eigenvalue weighted by molar-refractivity contribution is 5.68. The summed E-state index contributed by atoms with van der Waals surface area (Å²) in [6, 6.07) is 0. The Balaban J connectivity index is 0.000000620. The number of unbranched alkanes of at least 4 members (excludes halogenated alkanes) is 4. The summed E-state index contributed by atoms with van der Waals surface area (Å²) in [5.41, 5.74) is 0. The quantitative estimate of drug-likeness (QED) is 0.461. The smallest absolute Gasteiger partial charge is 0.0786 e. The zero-order valence-electron chi connectivity index (χ0n) is 16.9. The first-order chi connectivity index (χ1) is 11.5. The van der Waals surface area contributed by atoms with Crippen LogP contribution in [0.4, 0.5) is 0 Å². The van der Waals surface area contributed by atoms with E-state index < -0.39 is 5.97 Å². The molecule has 0 aromatic carbocycles. The maximum absolute atomic E-state index is 9.87. The number of hydrogen-bond donors (Lipinski definition) is 0. The Kier molecular flexibility index (Phi) is 14.4. The number of carboxylic acid groups (broad SMARTS) is 1. The minimum atomic E-state index is -0.869. The van der Waals surface area contributed by atoms with E-state index in [1.165, 1.54) is 82.0 Å². The van der Waals surface area contributed by atoms with Crippen molar-refractivity contribution in [3.63, 3.8) is 0 Å². The van der Waals surface area contributed by atoms with Gasteiger partial charge in [0.2, 0.25) is 0 Å². The summed E-state index contributed by atoms with van der Waals surface area (Å²) in [6.45, 7) is 15.0. The molecular weight excluding hydrogens is 298 g/mol. The van der Waals surface area contributed by atoms with Crippen molar-refractivity contribution in [1.82, 2.24) is 0 Å². The van der Waals surface area contributed by atoms with Crippen molar-refractivity contribution in [2.75, 3.05) is 26.2 Å². The molecule has 3 heteroatoms. The second-order valence-corrected chi connectivity index (χ2v) is 7.60. The largest absolute Gasteiger partial charge is 0.550 e. The number of quaternary nitrogens is 1. The molecule has 0 aromatic heterocycles. The molecule has 0 saturated heterocycles. The van der Waals surface area contributed by atoms with Crippen LogP contribution in [-0.4, -0.2) is 36.6 Å². The maximum Gasteiger partial charge on any atom is 0.0786 e. The summed E-state index contributed by atoms with van der Waals surface area (Å²) in [7, 11) is 0. The zero-order chi connectivity index (χ0) is 18.3. The highest BCUT2D eigenvalue weighted by atomic mass is 16.4. The first-order valence-electron chi connectivity index (χ1n) is 10.6. The molecule has 0 spiro atoms. The fourth-order valence-corrected chi connectivity index (χ4v) is 3.29. The molecule has 1 saturated carbocycles. The third-order valence-corrected chi connectivity index (χ3v) is 5.38. The predicted octanol–water partition coefficient (Wildman–Crippen LogP) is 4.54. The van der Waals surface area contributed by atoms with Gasteiger partial charge in [-0.15, -0.1) is 0 Å². The van der Waals surface area contributed by atoms with E-state index >= 15 is 0 Å². The van der Waals surface area contributed by atoms with Crippen LogP contribution in [0.2, 0.25) is 0 Å². The van der Waals surface area contributed by atoms with Crippen molar-refractivity contribution >= 4 is 5.97 Å².